The van der Waals surface area contributed by atoms with E-state index in [4.69, 9.17) is 5.73 Å². The summed E-state index contributed by atoms with van der Waals surface area (Å²) in [7, 11) is 0. The molecule has 0 unspecified atom stereocenters. The molecular formula is C17H24N2O2. The molecule has 114 valence electrons. The number of carboxylic acids is 1. The van der Waals surface area contributed by atoms with Crippen molar-refractivity contribution in [2.45, 2.75) is 46.1 Å². The SMILES string of the molecule is CC(C)c1cc(C(=O)O)c2c(c1)c(C(C)C)cn2CCN. The maximum atomic E-state index is 11.7. The molecule has 1 aromatic carbocycles. The lowest BCUT2D eigenvalue weighted by molar-refractivity contribution is 0.0698. The van der Waals surface area contributed by atoms with Crippen LogP contribution in [0.1, 0.15) is 61.0 Å². The number of benzene rings is 1. The Labute approximate surface area is 125 Å². The minimum Gasteiger partial charge on any atom is -0.478 e. The highest BCUT2D eigenvalue weighted by Crippen LogP contribution is 2.33. The second kappa shape index (κ2) is 5.90. The molecule has 0 amide bonds. The Hall–Kier alpha value is -1.81. The number of hydrogen-bond donors (Lipinski definition) is 2. The summed E-state index contributed by atoms with van der Waals surface area (Å²) in [6.45, 7) is 9.54. The van der Waals surface area contributed by atoms with Crippen LogP contribution in [0.5, 0.6) is 0 Å². The maximum absolute atomic E-state index is 11.7. The Morgan fingerprint density at radius 2 is 1.90 bits per heavy atom. The second-order valence-corrected chi connectivity index (χ2v) is 6.15. The molecule has 3 N–H and O–H groups in total. The Morgan fingerprint density at radius 3 is 2.38 bits per heavy atom. The zero-order valence-electron chi connectivity index (χ0n) is 13.2. The van der Waals surface area contributed by atoms with E-state index in [2.05, 4.69) is 40.0 Å². The van der Waals surface area contributed by atoms with Crippen LogP contribution in [0.25, 0.3) is 10.9 Å². The van der Waals surface area contributed by atoms with Gasteiger partial charge in [-0.25, -0.2) is 4.79 Å². The average molecular weight is 288 g/mol. The zero-order valence-corrected chi connectivity index (χ0v) is 13.2. The normalized spacial score (nSPS) is 11.8. The largest absolute Gasteiger partial charge is 0.478 e. The Morgan fingerprint density at radius 1 is 1.24 bits per heavy atom. The van der Waals surface area contributed by atoms with Gasteiger partial charge in [-0.1, -0.05) is 27.7 Å². The molecule has 0 saturated heterocycles. The van der Waals surface area contributed by atoms with Crippen LogP contribution in [-0.4, -0.2) is 22.2 Å². The van der Waals surface area contributed by atoms with Crippen molar-refractivity contribution in [3.63, 3.8) is 0 Å². The number of aromatic nitrogens is 1. The number of hydrogen-bond acceptors (Lipinski definition) is 2. The minimum absolute atomic E-state index is 0.297. The van der Waals surface area contributed by atoms with Gasteiger partial charge in [0.05, 0.1) is 11.1 Å². The van der Waals surface area contributed by atoms with E-state index < -0.39 is 5.97 Å². The first-order valence-corrected chi connectivity index (χ1v) is 7.46. The third-order valence-corrected chi connectivity index (χ3v) is 3.91. The van der Waals surface area contributed by atoms with Crippen molar-refractivity contribution >= 4 is 16.9 Å². The van der Waals surface area contributed by atoms with Gasteiger partial charge in [-0.15, -0.1) is 0 Å². The summed E-state index contributed by atoms with van der Waals surface area (Å²) in [5.41, 5.74) is 9.08. The summed E-state index contributed by atoms with van der Waals surface area (Å²) in [6, 6.07) is 3.93. The smallest absolute Gasteiger partial charge is 0.337 e. The van der Waals surface area contributed by atoms with Crippen LogP contribution in [-0.2, 0) is 6.54 Å². The van der Waals surface area contributed by atoms with Crippen LogP contribution in [0.4, 0.5) is 0 Å². The summed E-state index contributed by atoms with van der Waals surface area (Å²) in [5, 5.41) is 10.6. The van der Waals surface area contributed by atoms with E-state index in [-0.39, 0.29) is 0 Å². The molecule has 0 bridgehead atoms. The lowest BCUT2D eigenvalue weighted by Crippen LogP contribution is -2.11. The van der Waals surface area contributed by atoms with Crippen LogP contribution < -0.4 is 5.73 Å². The molecule has 0 aliphatic rings. The van der Waals surface area contributed by atoms with Crippen LogP contribution >= 0.6 is 0 Å². The molecule has 21 heavy (non-hydrogen) atoms. The van der Waals surface area contributed by atoms with Gasteiger partial charge in [0.15, 0.2) is 0 Å². The number of carbonyl (C=O) groups is 1. The molecular weight excluding hydrogens is 264 g/mol. The summed E-state index contributed by atoms with van der Waals surface area (Å²) >= 11 is 0. The van der Waals surface area contributed by atoms with E-state index >= 15 is 0 Å². The van der Waals surface area contributed by atoms with E-state index in [9.17, 15) is 9.90 Å². The lowest BCUT2D eigenvalue weighted by Gasteiger charge is -2.11. The molecule has 0 radical (unpaired) electrons. The van der Waals surface area contributed by atoms with Crippen molar-refractivity contribution < 1.29 is 9.90 Å². The first-order valence-electron chi connectivity index (χ1n) is 7.46. The van der Waals surface area contributed by atoms with Crippen molar-refractivity contribution in [1.29, 1.82) is 0 Å². The van der Waals surface area contributed by atoms with Crippen molar-refractivity contribution in [3.8, 4) is 0 Å². The predicted octanol–water partition coefficient (Wildman–Crippen LogP) is 3.55. The Kier molecular flexibility index (Phi) is 4.37. The first-order chi connectivity index (χ1) is 9.86. The van der Waals surface area contributed by atoms with Gasteiger partial charge >= 0.3 is 5.97 Å². The van der Waals surface area contributed by atoms with Gasteiger partial charge in [0, 0.05) is 24.7 Å². The molecule has 0 spiro atoms. The number of rotatable bonds is 5. The molecule has 0 atom stereocenters. The van der Waals surface area contributed by atoms with Gasteiger partial charge in [0.1, 0.15) is 0 Å². The summed E-state index contributed by atoms with van der Waals surface area (Å²) in [5.74, 6) is -0.241. The molecule has 0 aliphatic heterocycles. The molecule has 0 saturated carbocycles. The van der Waals surface area contributed by atoms with Crippen molar-refractivity contribution in [2.24, 2.45) is 5.73 Å². The molecule has 4 heteroatoms. The average Bonchev–Trinajstić information content (AvgIpc) is 2.77. The molecule has 4 nitrogen and oxygen atoms in total. The van der Waals surface area contributed by atoms with Crippen molar-refractivity contribution in [1.82, 2.24) is 4.57 Å². The summed E-state index contributed by atoms with van der Waals surface area (Å²) in [4.78, 5) is 11.7. The van der Waals surface area contributed by atoms with Gasteiger partial charge in [-0.05, 0) is 35.1 Å². The fourth-order valence-electron chi connectivity index (χ4n) is 2.76. The minimum atomic E-state index is -0.880. The standard InChI is InChI=1S/C17H24N2O2/c1-10(2)12-7-13-15(11(3)4)9-19(6-5-18)16(13)14(8-12)17(20)21/h7-11H,5-6,18H2,1-4H3,(H,20,21). The van der Waals surface area contributed by atoms with E-state index in [1.165, 1.54) is 5.56 Å². The van der Waals surface area contributed by atoms with Crippen LogP contribution in [0, 0.1) is 0 Å². The van der Waals surface area contributed by atoms with E-state index in [0.717, 1.165) is 16.5 Å². The highest BCUT2D eigenvalue weighted by molar-refractivity contribution is 6.04. The van der Waals surface area contributed by atoms with Gasteiger partial charge in [0.25, 0.3) is 0 Å². The van der Waals surface area contributed by atoms with E-state index in [0.29, 0.717) is 30.5 Å². The van der Waals surface area contributed by atoms with Crippen molar-refractivity contribution in [3.05, 3.63) is 35.0 Å². The summed E-state index contributed by atoms with van der Waals surface area (Å²) < 4.78 is 1.98. The van der Waals surface area contributed by atoms with Gasteiger partial charge in [0.2, 0.25) is 0 Å². The van der Waals surface area contributed by atoms with Crippen LogP contribution in [0.2, 0.25) is 0 Å². The fourth-order valence-corrected chi connectivity index (χ4v) is 2.76. The maximum Gasteiger partial charge on any atom is 0.337 e. The highest BCUT2D eigenvalue weighted by Gasteiger charge is 2.19. The molecule has 2 rings (SSSR count). The van der Waals surface area contributed by atoms with Crippen LogP contribution in [0.3, 0.4) is 0 Å². The third-order valence-electron chi connectivity index (χ3n) is 3.91. The Bertz CT molecular complexity index is 669. The second-order valence-electron chi connectivity index (χ2n) is 6.15. The van der Waals surface area contributed by atoms with Gasteiger partial charge < -0.3 is 15.4 Å². The number of nitrogens with two attached hydrogens (primary N) is 1. The number of aromatic carboxylic acids is 1. The number of carboxylic acid groups (broad SMARTS) is 1. The lowest BCUT2D eigenvalue weighted by atomic mass is 9.94. The zero-order chi connectivity index (χ0) is 15.7. The monoisotopic (exact) mass is 288 g/mol. The molecule has 0 aliphatic carbocycles. The summed E-state index contributed by atoms with van der Waals surface area (Å²) in [6.07, 6.45) is 2.05. The van der Waals surface area contributed by atoms with Crippen molar-refractivity contribution in [2.75, 3.05) is 6.54 Å². The van der Waals surface area contributed by atoms with E-state index in [1.54, 1.807) is 6.07 Å². The number of nitrogens with zero attached hydrogens (tertiary/aromatic N) is 1. The third kappa shape index (κ3) is 2.81. The highest BCUT2D eigenvalue weighted by atomic mass is 16.4. The topological polar surface area (TPSA) is 68.2 Å². The quantitative estimate of drug-likeness (QED) is 0.884. The molecule has 1 aromatic heterocycles. The van der Waals surface area contributed by atoms with Crippen LogP contribution in [0.15, 0.2) is 18.3 Å². The van der Waals surface area contributed by atoms with Gasteiger partial charge in [-0.2, -0.15) is 0 Å². The molecule has 1 heterocycles. The predicted molar refractivity (Wildman–Crippen MR) is 86.1 cm³/mol. The molecule has 0 fully saturated rings. The number of fused-ring (bicyclic) bond motifs is 1. The fraction of sp³-hybridized carbons (Fsp3) is 0.471. The van der Waals surface area contributed by atoms with Gasteiger partial charge in [-0.3, -0.25) is 0 Å². The first kappa shape index (κ1) is 15.6. The molecule has 2 aromatic rings. The Balaban J connectivity index is 2.86. The van der Waals surface area contributed by atoms with E-state index in [1.807, 2.05) is 4.57 Å².